The minimum absolute atomic E-state index is 0.455. The Hall–Kier alpha value is -1.31. The first kappa shape index (κ1) is 8.78. The van der Waals surface area contributed by atoms with Gasteiger partial charge in [-0.15, -0.1) is 0 Å². The van der Waals surface area contributed by atoms with Gasteiger partial charge >= 0.3 is 0 Å². The van der Waals surface area contributed by atoms with Gasteiger partial charge < -0.3 is 4.74 Å². The van der Waals surface area contributed by atoms with Crippen molar-refractivity contribution in [1.29, 1.82) is 0 Å². The van der Waals surface area contributed by atoms with Crippen molar-refractivity contribution >= 4 is 6.47 Å². The first-order valence-electron chi connectivity index (χ1n) is 3.83. The van der Waals surface area contributed by atoms with Gasteiger partial charge in [0.25, 0.3) is 6.47 Å². The van der Waals surface area contributed by atoms with E-state index in [1.54, 1.807) is 0 Å². The number of benzene rings is 1. The first-order chi connectivity index (χ1) is 5.65. The third-order valence-corrected chi connectivity index (χ3v) is 1.97. The zero-order valence-electron chi connectivity index (χ0n) is 7.55. The van der Waals surface area contributed by atoms with Crippen LogP contribution >= 0.6 is 0 Å². The summed E-state index contributed by atoms with van der Waals surface area (Å²) in [5, 5.41) is 0. The van der Waals surface area contributed by atoms with Crippen LogP contribution in [0.25, 0.3) is 0 Å². The fraction of sp³-hybridized carbons (Fsp3) is 0.300. The van der Waals surface area contributed by atoms with E-state index in [9.17, 15) is 4.79 Å². The standard InChI is InChI=1S/C10H12O2/c1-7-4-9(3)10(12-6-11)5-8(7)2/h4-6H,1-3H3. The molecule has 64 valence electrons. The van der Waals surface area contributed by atoms with Crippen LogP contribution in [0.5, 0.6) is 5.75 Å². The van der Waals surface area contributed by atoms with Gasteiger partial charge in [-0.1, -0.05) is 6.07 Å². The van der Waals surface area contributed by atoms with E-state index in [-0.39, 0.29) is 0 Å². The largest absolute Gasteiger partial charge is 0.428 e. The third-order valence-electron chi connectivity index (χ3n) is 1.97. The Morgan fingerprint density at radius 3 is 2.25 bits per heavy atom. The van der Waals surface area contributed by atoms with Crippen molar-refractivity contribution in [3.8, 4) is 5.75 Å². The van der Waals surface area contributed by atoms with E-state index in [1.807, 2.05) is 32.9 Å². The van der Waals surface area contributed by atoms with Crippen LogP contribution in [-0.2, 0) is 4.79 Å². The Labute approximate surface area is 72.2 Å². The second-order valence-corrected chi connectivity index (χ2v) is 2.92. The second-order valence-electron chi connectivity index (χ2n) is 2.92. The molecular formula is C10H12O2. The molecule has 0 saturated heterocycles. The number of hydrogen-bond acceptors (Lipinski definition) is 2. The van der Waals surface area contributed by atoms with E-state index < -0.39 is 0 Å². The number of aryl methyl sites for hydroxylation is 3. The monoisotopic (exact) mass is 164 g/mol. The molecule has 0 bridgehead atoms. The van der Waals surface area contributed by atoms with Crippen LogP contribution in [0.2, 0.25) is 0 Å². The molecule has 0 fully saturated rings. The summed E-state index contributed by atoms with van der Waals surface area (Å²) in [6.07, 6.45) is 0. The van der Waals surface area contributed by atoms with E-state index in [2.05, 4.69) is 0 Å². The highest BCUT2D eigenvalue weighted by atomic mass is 16.5. The summed E-state index contributed by atoms with van der Waals surface area (Å²) in [6.45, 7) is 6.40. The lowest BCUT2D eigenvalue weighted by molar-refractivity contribution is -0.120. The Balaban J connectivity index is 3.13. The van der Waals surface area contributed by atoms with Crippen molar-refractivity contribution in [3.63, 3.8) is 0 Å². The maximum atomic E-state index is 10.1. The van der Waals surface area contributed by atoms with Crippen LogP contribution in [0.3, 0.4) is 0 Å². The van der Waals surface area contributed by atoms with Gasteiger partial charge in [0.15, 0.2) is 0 Å². The first-order valence-corrected chi connectivity index (χ1v) is 3.83. The molecule has 0 aliphatic heterocycles. The van der Waals surface area contributed by atoms with Gasteiger partial charge in [0.1, 0.15) is 5.75 Å². The van der Waals surface area contributed by atoms with Crippen LogP contribution in [0.4, 0.5) is 0 Å². The van der Waals surface area contributed by atoms with Crippen molar-refractivity contribution in [2.45, 2.75) is 20.8 Å². The van der Waals surface area contributed by atoms with Gasteiger partial charge in [-0.05, 0) is 43.5 Å². The molecule has 0 aromatic heterocycles. The lowest BCUT2D eigenvalue weighted by atomic mass is 10.1. The molecule has 1 aromatic rings. The molecule has 12 heavy (non-hydrogen) atoms. The molecule has 0 heterocycles. The fourth-order valence-electron chi connectivity index (χ4n) is 1.11. The van der Waals surface area contributed by atoms with Crippen LogP contribution in [0.15, 0.2) is 12.1 Å². The van der Waals surface area contributed by atoms with Crippen LogP contribution in [-0.4, -0.2) is 6.47 Å². The molecular weight excluding hydrogens is 152 g/mol. The van der Waals surface area contributed by atoms with E-state index in [0.29, 0.717) is 12.2 Å². The maximum Gasteiger partial charge on any atom is 0.298 e. The van der Waals surface area contributed by atoms with E-state index in [4.69, 9.17) is 4.74 Å². The maximum absolute atomic E-state index is 10.1. The Kier molecular flexibility index (Phi) is 2.48. The summed E-state index contributed by atoms with van der Waals surface area (Å²) in [7, 11) is 0. The van der Waals surface area contributed by atoms with Gasteiger partial charge in [0, 0.05) is 0 Å². The van der Waals surface area contributed by atoms with E-state index in [1.165, 1.54) is 5.56 Å². The van der Waals surface area contributed by atoms with Crippen LogP contribution in [0.1, 0.15) is 16.7 Å². The fourth-order valence-corrected chi connectivity index (χ4v) is 1.11. The third kappa shape index (κ3) is 1.64. The highest BCUT2D eigenvalue weighted by Crippen LogP contribution is 2.21. The Bertz CT molecular complexity index is 303. The van der Waals surface area contributed by atoms with Gasteiger partial charge in [-0.25, -0.2) is 0 Å². The molecule has 0 amide bonds. The smallest absolute Gasteiger partial charge is 0.298 e. The molecule has 0 atom stereocenters. The number of hydrogen-bond donors (Lipinski definition) is 0. The lowest BCUT2D eigenvalue weighted by Crippen LogP contribution is -1.93. The average Bonchev–Trinajstić information content (AvgIpc) is 2.01. The zero-order valence-corrected chi connectivity index (χ0v) is 7.55. The molecule has 2 nitrogen and oxygen atoms in total. The number of ether oxygens (including phenoxy) is 1. The summed E-state index contributed by atoms with van der Waals surface area (Å²) >= 11 is 0. The molecule has 0 spiro atoms. The second kappa shape index (κ2) is 3.39. The molecule has 1 aromatic carbocycles. The van der Waals surface area contributed by atoms with Crippen molar-refractivity contribution in [1.82, 2.24) is 0 Å². The Morgan fingerprint density at radius 1 is 1.08 bits per heavy atom. The molecule has 2 heteroatoms. The quantitative estimate of drug-likeness (QED) is 0.626. The van der Waals surface area contributed by atoms with Gasteiger partial charge in [0.05, 0.1) is 0 Å². The zero-order chi connectivity index (χ0) is 9.14. The topological polar surface area (TPSA) is 26.3 Å². The van der Waals surface area contributed by atoms with Crippen LogP contribution in [0, 0.1) is 20.8 Å². The van der Waals surface area contributed by atoms with Gasteiger partial charge in [0.2, 0.25) is 0 Å². The van der Waals surface area contributed by atoms with Gasteiger partial charge in [-0.2, -0.15) is 0 Å². The lowest BCUT2D eigenvalue weighted by Gasteiger charge is -2.06. The molecule has 0 unspecified atom stereocenters. The molecule has 0 aliphatic rings. The predicted octanol–water partition coefficient (Wildman–Crippen LogP) is 2.15. The highest BCUT2D eigenvalue weighted by Gasteiger charge is 2.01. The highest BCUT2D eigenvalue weighted by molar-refractivity contribution is 5.50. The summed E-state index contributed by atoms with van der Waals surface area (Å²) in [6, 6.07) is 3.88. The van der Waals surface area contributed by atoms with E-state index in [0.717, 1.165) is 11.1 Å². The van der Waals surface area contributed by atoms with Gasteiger partial charge in [-0.3, -0.25) is 4.79 Å². The summed E-state index contributed by atoms with van der Waals surface area (Å²) in [4.78, 5) is 10.1. The summed E-state index contributed by atoms with van der Waals surface area (Å²) in [5.74, 6) is 0.646. The summed E-state index contributed by atoms with van der Waals surface area (Å²) < 4.78 is 4.79. The molecule has 0 saturated carbocycles. The number of carbonyl (C=O) groups excluding carboxylic acids is 1. The SMILES string of the molecule is Cc1cc(C)c(OC=O)cc1C. The minimum atomic E-state index is 0.455. The number of rotatable bonds is 2. The van der Waals surface area contributed by atoms with Crippen molar-refractivity contribution in [3.05, 3.63) is 28.8 Å². The number of carbonyl (C=O) groups is 1. The van der Waals surface area contributed by atoms with Crippen LogP contribution < -0.4 is 4.74 Å². The summed E-state index contributed by atoms with van der Waals surface area (Å²) in [5.41, 5.74) is 3.34. The predicted molar refractivity (Wildman–Crippen MR) is 47.3 cm³/mol. The minimum Gasteiger partial charge on any atom is -0.428 e. The molecule has 0 aliphatic carbocycles. The van der Waals surface area contributed by atoms with Crippen molar-refractivity contribution < 1.29 is 9.53 Å². The molecule has 0 radical (unpaired) electrons. The Morgan fingerprint density at radius 2 is 1.67 bits per heavy atom. The van der Waals surface area contributed by atoms with E-state index >= 15 is 0 Å². The molecule has 1 rings (SSSR count). The van der Waals surface area contributed by atoms with Crippen molar-refractivity contribution in [2.24, 2.45) is 0 Å². The van der Waals surface area contributed by atoms with Crippen molar-refractivity contribution in [2.75, 3.05) is 0 Å². The molecule has 0 N–H and O–H groups in total. The average molecular weight is 164 g/mol. The normalized spacial score (nSPS) is 9.58.